The second-order valence-electron chi connectivity index (χ2n) is 3.01. The van der Waals surface area contributed by atoms with E-state index in [1.165, 1.54) is 0 Å². The lowest BCUT2D eigenvalue weighted by molar-refractivity contribution is 0.244. The van der Waals surface area contributed by atoms with Crippen LogP contribution in [0.1, 0.15) is 25.3 Å². The van der Waals surface area contributed by atoms with Gasteiger partial charge in [0.1, 0.15) is 11.3 Å². The van der Waals surface area contributed by atoms with Crippen LogP contribution in [0.25, 0.3) is 0 Å². The first kappa shape index (κ1) is 13.3. The van der Waals surface area contributed by atoms with Gasteiger partial charge in [0, 0.05) is 0 Å². The Morgan fingerprint density at radius 2 is 1.93 bits per heavy atom. The number of halogens is 1. The molecule has 3 heteroatoms. The van der Waals surface area contributed by atoms with Crippen LogP contribution in [0.3, 0.4) is 0 Å². The quantitative estimate of drug-likeness (QED) is 0.746. The Labute approximate surface area is 90.2 Å². The van der Waals surface area contributed by atoms with Crippen LogP contribution in [-0.2, 0) is 0 Å². The fourth-order valence-corrected chi connectivity index (χ4v) is 1.02. The number of benzene rings is 1. The van der Waals surface area contributed by atoms with Crippen molar-refractivity contribution in [2.75, 3.05) is 0 Å². The molecule has 1 rings (SSSR count). The summed E-state index contributed by atoms with van der Waals surface area (Å²) in [5.74, 6) is 0.368. The molecule has 80 valence electrons. The lowest BCUT2D eigenvalue weighted by atomic mass is 10.2. The molecule has 0 aliphatic heterocycles. The van der Waals surface area contributed by atoms with Crippen LogP contribution in [0.5, 0.6) is 5.75 Å². The van der Waals surface area contributed by atoms with Gasteiger partial charge in [0.25, 0.3) is 0 Å². The van der Waals surface area contributed by atoms with Gasteiger partial charge in [-0.05, 0) is 25.0 Å². The Hall–Kier alpha value is -0.730. The minimum atomic E-state index is -0.630. The Bertz CT molecular complexity index is 228. The molecule has 0 aliphatic rings. The number of hydrogen-bond donors (Lipinski definition) is 2. The van der Waals surface area contributed by atoms with E-state index in [-0.39, 0.29) is 0 Å². The number of alkyl halides is 1. The molecule has 0 amide bonds. The number of phenols is 1. The Balaban J connectivity index is 0.000000255. The molecule has 1 aromatic rings. The zero-order chi connectivity index (χ0) is 11.0. The summed E-state index contributed by atoms with van der Waals surface area (Å²) in [6, 6.07) is 7.25. The van der Waals surface area contributed by atoms with E-state index >= 15 is 0 Å². The molecule has 0 aromatic heterocycles. The number of aryl methyl sites for hydroxylation is 1. The molecular weight excluding hydrogens is 200 g/mol. The van der Waals surface area contributed by atoms with Crippen molar-refractivity contribution in [3.8, 4) is 5.75 Å². The number of rotatable bonds is 2. The Morgan fingerprint density at radius 1 is 1.36 bits per heavy atom. The third-order valence-corrected chi connectivity index (χ3v) is 1.86. The summed E-state index contributed by atoms with van der Waals surface area (Å²) in [5, 5.41) is 17.2. The van der Waals surface area contributed by atoms with Gasteiger partial charge in [0.15, 0.2) is 0 Å². The molecule has 1 atom stereocenters. The maximum absolute atomic E-state index is 8.92. The minimum absolute atomic E-state index is 0.368. The van der Waals surface area contributed by atoms with Gasteiger partial charge >= 0.3 is 0 Å². The normalized spacial score (nSPS) is 11.4. The fourth-order valence-electron chi connectivity index (χ4n) is 0.802. The second kappa shape index (κ2) is 7.65. The molecule has 1 unspecified atom stereocenters. The van der Waals surface area contributed by atoms with E-state index < -0.39 is 5.56 Å². The number of para-hydroxylation sites is 1. The largest absolute Gasteiger partial charge is 0.508 e. The number of phenolic OH excluding ortho intramolecular Hbond substituents is 1. The van der Waals surface area contributed by atoms with E-state index in [4.69, 9.17) is 21.8 Å². The van der Waals surface area contributed by atoms with Crippen LogP contribution in [-0.4, -0.2) is 15.8 Å². The lowest BCUT2D eigenvalue weighted by Crippen LogP contribution is -1.91. The molecule has 1 aromatic carbocycles. The molecule has 2 nitrogen and oxygen atoms in total. The molecule has 0 saturated carbocycles. The summed E-state index contributed by atoms with van der Waals surface area (Å²) in [6.07, 6.45) is 1.65. The summed E-state index contributed by atoms with van der Waals surface area (Å²) in [5.41, 5.74) is 0.294. The van der Waals surface area contributed by atoms with Crippen molar-refractivity contribution in [2.45, 2.75) is 32.3 Å². The standard InChI is InChI=1S/C7H8O.C4H9ClO/c1-6-4-2-3-5-7(6)8;1-2-3-4(5)6/h2-5,8H,1H3;4,6H,2-3H2,1H3. The van der Waals surface area contributed by atoms with Gasteiger partial charge in [-0.1, -0.05) is 43.1 Å². The summed E-state index contributed by atoms with van der Waals surface area (Å²) in [7, 11) is 0. The molecule has 0 spiro atoms. The van der Waals surface area contributed by atoms with Gasteiger partial charge in [0.2, 0.25) is 0 Å². The first-order valence-corrected chi connectivity index (χ1v) is 5.08. The molecule has 0 aliphatic carbocycles. The number of aliphatic hydroxyl groups is 1. The van der Waals surface area contributed by atoms with Gasteiger partial charge in [-0.25, -0.2) is 0 Å². The highest BCUT2D eigenvalue weighted by atomic mass is 35.5. The number of hydrogen-bond acceptors (Lipinski definition) is 2. The molecular formula is C11H17ClO2. The van der Waals surface area contributed by atoms with E-state index in [0.29, 0.717) is 12.2 Å². The van der Waals surface area contributed by atoms with E-state index in [2.05, 4.69) is 0 Å². The minimum Gasteiger partial charge on any atom is -0.508 e. The van der Waals surface area contributed by atoms with Crippen LogP contribution in [0.15, 0.2) is 24.3 Å². The fraction of sp³-hybridized carbons (Fsp3) is 0.455. The van der Waals surface area contributed by atoms with Crippen LogP contribution in [0.2, 0.25) is 0 Å². The number of aromatic hydroxyl groups is 1. The second-order valence-corrected chi connectivity index (χ2v) is 3.51. The summed E-state index contributed by atoms with van der Waals surface area (Å²) in [4.78, 5) is 0. The SMILES string of the molecule is CCCC(O)Cl.Cc1ccccc1O. The van der Waals surface area contributed by atoms with Gasteiger partial charge in [-0.2, -0.15) is 0 Å². The zero-order valence-electron chi connectivity index (χ0n) is 8.57. The molecule has 0 bridgehead atoms. The summed E-state index contributed by atoms with van der Waals surface area (Å²) >= 11 is 5.13. The Morgan fingerprint density at radius 3 is 2.14 bits per heavy atom. The van der Waals surface area contributed by atoms with Gasteiger partial charge in [0.05, 0.1) is 0 Å². The average Bonchev–Trinajstić information content (AvgIpc) is 2.11. The first-order valence-electron chi connectivity index (χ1n) is 4.64. The van der Waals surface area contributed by atoms with E-state index in [1.807, 2.05) is 32.0 Å². The highest BCUT2D eigenvalue weighted by Gasteiger charge is 1.90. The van der Waals surface area contributed by atoms with E-state index in [1.54, 1.807) is 6.07 Å². The van der Waals surface area contributed by atoms with Crippen molar-refractivity contribution in [3.05, 3.63) is 29.8 Å². The third-order valence-electron chi connectivity index (χ3n) is 1.64. The number of aliphatic hydroxyl groups excluding tert-OH is 1. The van der Waals surface area contributed by atoms with Gasteiger partial charge < -0.3 is 10.2 Å². The highest BCUT2D eigenvalue weighted by molar-refractivity contribution is 6.19. The van der Waals surface area contributed by atoms with Crippen LogP contribution in [0.4, 0.5) is 0 Å². The third kappa shape index (κ3) is 6.75. The lowest BCUT2D eigenvalue weighted by Gasteiger charge is -1.92. The van der Waals surface area contributed by atoms with Crippen molar-refractivity contribution < 1.29 is 10.2 Å². The summed E-state index contributed by atoms with van der Waals surface area (Å²) in [6.45, 7) is 3.85. The summed E-state index contributed by atoms with van der Waals surface area (Å²) < 4.78 is 0. The van der Waals surface area contributed by atoms with Crippen LogP contribution < -0.4 is 0 Å². The van der Waals surface area contributed by atoms with Crippen LogP contribution in [0, 0.1) is 6.92 Å². The van der Waals surface area contributed by atoms with Crippen molar-refractivity contribution >= 4 is 11.6 Å². The topological polar surface area (TPSA) is 40.5 Å². The van der Waals surface area contributed by atoms with Gasteiger partial charge in [-0.3, -0.25) is 0 Å². The molecule has 14 heavy (non-hydrogen) atoms. The zero-order valence-corrected chi connectivity index (χ0v) is 9.33. The molecule has 0 fully saturated rings. The van der Waals surface area contributed by atoms with Gasteiger partial charge in [-0.15, -0.1) is 0 Å². The molecule has 0 saturated heterocycles. The Kier molecular flexibility index (Phi) is 7.25. The highest BCUT2D eigenvalue weighted by Crippen LogP contribution is 2.12. The smallest absolute Gasteiger partial charge is 0.128 e. The predicted molar refractivity (Wildman–Crippen MR) is 59.6 cm³/mol. The first-order chi connectivity index (χ1) is 6.57. The van der Waals surface area contributed by atoms with Crippen molar-refractivity contribution in [2.24, 2.45) is 0 Å². The van der Waals surface area contributed by atoms with Crippen LogP contribution >= 0.6 is 11.6 Å². The predicted octanol–water partition coefficient (Wildman–Crippen LogP) is 3.04. The average molecular weight is 217 g/mol. The maximum atomic E-state index is 8.92. The monoisotopic (exact) mass is 216 g/mol. The van der Waals surface area contributed by atoms with Crippen molar-refractivity contribution in [3.63, 3.8) is 0 Å². The van der Waals surface area contributed by atoms with Crippen molar-refractivity contribution in [1.82, 2.24) is 0 Å². The molecule has 0 radical (unpaired) electrons. The van der Waals surface area contributed by atoms with E-state index in [9.17, 15) is 0 Å². The maximum Gasteiger partial charge on any atom is 0.128 e. The molecule has 0 heterocycles. The molecule has 2 N–H and O–H groups in total. The van der Waals surface area contributed by atoms with E-state index in [0.717, 1.165) is 12.0 Å². The van der Waals surface area contributed by atoms with Crippen molar-refractivity contribution in [1.29, 1.82) is 0 Å².